The second-order valence-corrected chi connectivity index (χ2v) is 5.39. The smallest absolute Gasteiger partial charge is 0.127 e. The van der Waals surface area contributed by atoms with Crippen LogP contribution in [0.2, 0.25) is 0 Å². The van der Waals surface area contributed by atoms with Crippen LogP contribution >= 0.6 is 0 Å². The molecule has 2 aromatic rings. The SMILES string of the molecule is CC(C)c1ccc(CC(C=O)c2ccc(F)cc2)cc1. The number of benzene rings is 2. The summed E-state index contributed by atoms with van der Waals surface area (Å²) in [5.74, 6) is 0.00296. The third-order valence-corrected chi connectivity index (χ3v) is 3.56. The number of rotatable bonds is 5. The summed E-state index contributed by atoms with van der Waals surface area (Å²) in [6.45, 7) is 4.31. The average Bonchev–Trinajstić information content (AvgIpc) is 2.46. The molecule has 0 saturated heterocycles. The maximum absolute atomic E-state index is 12.9. The Morgan fingerprint density at radius 1 is 0.950 bits per heavy atom. The minimum Gasteiger partial charge on any atom is -0.303 e. The second-order valence-electron chi connectivity index (χ2n) is 5.39. The maximum atomic E-state index is 12.9. The van der Waals surface area contributed by atoms with Gasteiger partial charge >= 0.3 is 0 Å². The standard InChI is InChI=1S/C18H19FO/c1-13(2)15-5-3-14(4-6-15)11-17(12-20)16-7-9-18(19)10-8-16/h3-10,12-13,17H,11H2,1-2H3. The third-order valence-electron chi connectivity index (χ3n) is 3.56. The van der Waals surface area contributed by atoms with Crippen molar-refractivity contribution in [1.82, 2.24) is 0 Å². The zero-order valence-electron chi connectivity index (χ0n) is 11.8. The van der Waals surface area contributed by atoms with Crippen LogP contribution < -0.4 is 0 Å². The van der Waals surface area contributed by atoms with Gasteiger partial charge < -0.3 is 4.79 Å². The highest BCUT2D eigenvalue weighted by atomic mass is 19.1. The molecule has 0 aliphatic rings. The molecule has 0 heterocycles. The molecule has 0 fully saturated rings. The third kappa shape index (κ3) is 3.53. The molecule has 2 heteroatoms. The van der Waals surface area contributed by atoms with Gasteiger partial charge in [0.15, 0.2) is 0 Å². The molecule has 2 rings (SSSR count). The molecule has 0 bridgehead atoms. The van der Waals surface area contributed by atoms with Gasteiger partial charge in [0.2, 0.25) is 0 Å². The summed E-state index contributed by atoms with van der Waals surface area (Å²) in [6, 6.07) is 14.5. The van der Waals surface area contributed by atoms with E-state index in [0.717, 1.165) is 17.4 Å². The predicted octanol–water partition coefficient (Wildman–Crippen LogP) is 4.47. The van der Waals surface area contributed by atoms with E-state index in [-0.39, 0.29) is 11.7 Å². The Hall–Kier alpha value is -1.96. The number of hydrogen-bond acceptors (Lipinski definition) is 1. The van der Waals surface area contributed by atoms with Crippen LogP contribution in [-0.2, 0) is 11.2 Å². The van der Waals surface area contributed by atoms with E-state index in [4.69, 9.17) is 0 Å². The number of carbonyl (C=O) groups is 1. The molecule has 20 heavy (non-hydrogen) atoms. The van der Waals surface area contributed by atoms with Crippen LogP contribution in [0, 0.1) is 5.82 Å². The molecule has 1 atom stereocenters. The van der Waals surface area contributed by atoms with Gasteiger partial charge in [0.25, 0.3) is 0 Å². The summed E-state index contributed by atoms with van der Waals surface area (Å²) in [7, 11) is 0. The zero-order valence-corrected chi connectivity index (χ0v) is 11.8. The molecule has 2 aromatic carbocycles. The van der Waals surface area contributed by atoms with E-state index in [2.05, 4.69) is 38.1 Å². The lowest BCUT2D eigenvalue weighted by Gasteiger charge is -2.12. The molecule has 1 nitrogen and oxygen atoms in total. The first kappa shape index (κ1) is 14.4. The molecule has 0 N–H and O–H groups in total. The van der Waals surface area contributed by atoms with Crippen LogP contribution in [-0.4, -0.2) is 6.29 Å². The molecule has 0 radical (unpaired) electrons. The fraction of sp³-hybridized carbons (Fsp3) is 0.278. The Bertz CT molecular complexity index is 555. The molecule has 0 spiro atoms. The molecule has 0 aliphatic heterocycles. The monoisotopic (exact) mass is 270 g/mol. The quantitative estimate of drug-likeness (QED) is 0.732. The van der Waals surface area contributed by atoms with Gasteiger partial charge in [-0.3, -0.25) is 0 Å². The Labute approximate surface area is 119 Å². The summed E-state index contributed by atoms with van der Waals surface area (Å²) in [5.41, 5.74) is 3.27. The molecule has 0 aromatic heterocycles. The summed E-state index contributed by atoms with van der Waals surface area (Å²) in [5, 5.41) is 0. The van der Waals surface area contributed by atoms with E-state index < -0.39 is 0 Å². The van der Waals surface area contributed by atoms with Crippen molar-refractivity contribution in [3.05, 3.63) is 71.0 Å². The largest absolute Gasteiger partial charge is 0.303 e. The number of halogens is 1. The van der Waals surface area contributed by atoms with Crippen LogP contribution in [0.5, 0.6) is 0 Å². The minimum atomic E-state index is -0.278. The summed E-state index contributed by atoms with van der Waals surface area (Å²) in [4.78, 5) is 11.3. The van der Waals surface area contributed by atoms with E-state index in [1.54, 1.807) is 12.1 Å². The molecule has 0 aliphatic carbocycles. The lowest BCUT2D eigenvalue weighted by Crippen LogP contribution is -2.04. The highest BCUT2D eigenvalue weighted by Gasteiger charge is 2.11. The van der Waals surface area contributed by atoms with E-state index in [0.29, 0.717) is 12.3 Å². The van der Waals surface area contributed by atoms with Gasteiger partial charge in [-0.15, -0.1) is 0 Å². The minimum absolute atomic E-state index is 0.222. The van der Waals surface area contributed by atoms with Crippen molar-refractivity contribution in [3.63, 3.8) is 0 Å². The van der Waals surface area contributed by atoms with Crippen molar-refractivity contribution in [3.8, 4) is 0 Å². The first-order chi connectivity index (χ1) is 9.60. The van der Waals surface area contributed by atoms with Gasteiger partial charge in [0.05, 0.1) is 0 Å². The van der Waals surface area contributed by atoms with Crippen molar-refractivity contribution < 1.29 is 9.18 Å². The molecule has 104 valence electrons. The molecular weight excluding hydrogens is 251 g/mol. The Kier molecular flexibility index (Phi) is 4.67. The number of carbonyl (C=O) groups excluding carboxylic acids is 1. The van der Waals surface area contributed by atoms with Crippen molar-refractivity contribution in [2.45, 2.75) is 32.1 Å². The van der Waals surface area contributed by atoms with Gasteiger partial charge in [0.1, 0.15) is 12.1 Å². The summed E-state index contributed by atoms with van der Waals surface area (Å²) < 4.78 is 12.9. The highest BCUT2D eigenvalue weighted by Crippen LogP contribution is 2.21. The van der Waals surface area contributed by atoms with E-state index in [1.165, 1.54) is 17.7 Å². The Balaban J connectivity index is 2.13. The zero-order chi connectivity index (χ0) is 14.5. The average molecular weight is 270 g/mol. The lowest BCUT2D eigenvalue weighted by molar-refractivity contribution is -0.109. The van der Waals surface area contributed by atoms with Crippen LogP contribution in [0.1, 0.15) is 42.4 Å². The number of hydrogen-bond donors (Lipinski definition) is 0. The Morgan fingerprint density at radius 3 is 2.00 bits per heavy atom. The maximum Gasteiger partial charge on any atom is 0.127 e. The fourth-order valence-electron chi connectivity index (χ4n) is 2.25. The second kappa shape index (κ2) is 6.47. The van der Waals surface area contributed by atoms with Gasteiger partial charge in [-0.1, -0.05) is 50.2 Å². The highest BCUT2D eigenvalue weighted by molar-refractivity contribution is 5.62. The van der Waals surface area contributed by atoms with E-state index in [9.17, 15) is 9.18 Å². The van der Waals surface area contributed by atoms with E-state index in [1.807, 2.05) is 0 Å². The van der Waals surface area contributed by atoms with Gasteiger partial charge in [-0.25, -0.2) is 4.39 Å². The molecule has 1 unspecified atom stereocenters. The molecular formula is C18H19FO. The summed E-state index contributed by atoms with van der Waals surface area (Å²) >= 11 is 0. The molecule has 0 amide bonds. The fourth-order valence-corrected chi connectivity index (χ4v) is 2.25. The lowest BCUT2D eigenvalue weighted by atomic mass is 9.92. The summed E-state index contributed by atoms with van der Waals surface area (Å²) in [6.07, 6.45) is 1.58. The number of aldehydes is 1. The van der Waals surface area contributed by atoms with Crippen LogP contribution in [0.3, 0.4) is 0 Å². The first-order valence-corrected chi connectivity index (χ1v) is 6.89. The normalized spacial score (nSPS) is 12.4. The van der Waals surface area contributed by atoms with Crippen molar-refractivity contribution in [2.24, 2.45) is 0 Å². The van der Waals surface area contributed by atoms with Crippen molar-refractivity contribution in [1.29, 1.82) is 0 Å². The first-order valence-electron chi connectivity index (χ1n) is 6.89. The Morgan fingerprint density at radius 2 is 1.50 bits per heavy atom. The van der Waals surface area contributed by atoms with Gasteiger partial charge in [-0.2, -0.15) is 0 Å². The van der Waals surface area contributed by atoms with Crippen molar-refractivity contribution >= 4 is 6.29 Å². The van der Waals surface area contributed by atoms with Crippen LogP contribution in [0.4, 0.5) is 4.39 Å². The van der Waals surface area contributed by atoms with Crippen LogP contribution in [0.25, 0.3) is 0 Å². The van der Waals surface area contributed by atoms with E-state index >= 15 is 0 Å². The van der Waals surface area contributed by atoms with Gasteiger partial charge in [0, 0.05) is 5.92 Å². The van der Waals surface area contributed by atoms with Crippen LogP contribution in [0.15, 0.2) is 48.5 Å². The predicted molar refractivity (Wildman–Crippen MR) is 79.4 cm³/mol. The molecule has 0 saturated carbocycles. The van der Waals surface area contributed by atoms with Gasteiger partial charge in [-0.05, 0) is 41.2 Å². The topological polar surface area (TPSA) is 17.1 Å². The van der Waals surface area contributed by atoms with Crippen molar-refractivity contribution in [2.75, 3.05) is 0 Å².